The zero-order valence-electron chi connectivity index (χ0n) is 12.3. The Morgan fingerprint density at radius 1 is 1.35 bits per heavy atom. The molecule has 0 heterocycles. The number of carbonyl (C=O) groups excluding carboxylic acids is 1. The van der Waals surface area contributed by atoms with Gasteiger partial charge in [0, 0.05) is 0 Å². The highest BCUT2D eigenvalue weighted by Crippen LogP contribution is 2.35. The molecule has 1 aromatic carbocycles. The van der Waals surface area contributed by atoms with Gasteiger partial charge in [-0.1, -0.05) is 12.5 Å². The van der Waals surface area contributed by atoms with E-state index in [1.165, 1.54) is 11.1 Å². The summed E-state index contributed by atoms with van der Waals surface area (Å²) in [6, 6.07) is 6.15. The standard InChI is InChI=1S/C16H24N2O2/c1-11-8-12(2)10-14(9-11)20-7-5-13-4-3-6-16(13,18)15(17)19/h8-10,13H,3-7,18H2,1-2H3,(H2,17,19). The van der Waals surface area contributed by atoms with Crippen molar-refractivity contribution >= 4 is 5.91 Å². The summed E-state index contributed by atoms with van der Waals surface area (Å²) in [5.74, 6) is 0.625. The fraction of sp³-hybridized carbons (Fsp3) is 0.562. The maximum absolute atomic E-state index is 11.5. The van der Waals surface area contributed by atoms with Crippen molar-refractivity contribution in [3.05, 3.63) is 29.3 Å². The molecular formula is C16H24N2O2. The van der Waals surface area contributed by atoms with Crippen molar-refractivity contribution in [2.75, 3.05) is 6.61 Å². The minimum atomic E-state index is -0.841. The molecule has 1 amide bonds. The van der Waals surface area contributed by atoms with Crippen LogP contribution in [0, 0.1) is 19.8 Å². The van der Waals surface area contributed by atoms with E-state index in [9.17, 15) is 4.79 Å². The van der Waals surface area contributed by atoms with Gasteiger partial charge in [-0.15, -0.1) is 0 Å². The molecule has 4 nitrogen and oxygen atoms in total. The third-order valence-electron chi connectivity index (χ3n) is 4.26. The van der Waals surface area contributed by atoms with Crippen LogP contribution in [0.3, 0.4) is 0 Å². The highest BCUT2D eigenvalue weighted by atomic mass is 16.5. The molecular weight excluding hydrogens is 252 g/mol. The number of primary amides is 1. The van der Waals surface area contributed by atoms with Gasteiger partial charge in [-0.3, -0.25) is 4.79 Å². The van der Waals surface area contributed by atoms with Gasteiger partial charge in [-0.25, -0.2) is 0 Å². The van der Waals surface area contributed by atoms with Crippen LogP contribution in [0.2, 0.25) is 0 Å². The molecule has 2 rings (SSSR count). The Labute approximate surface area is 120 Å². The van der Waals surface area contributed by atoms with Crippen LogP contribution < -0.4 is 16.2 Å². The minimum Gasteiger partial charge on any atom is -0.494 e. The molecule has 0 saturated heterocycles. The lowest BCUT2D eigenvalue weighted by atomic mass is 9.85. The summed E-state index contributed by atoms with van der Waals surface area (Å²) < 4.78 is 5.79. The molecule has 1 fully saturated rings. The quantitative estimate of drug-likeness (QED) is 0.864. The molecule has 2 atom stereocenters. The maximum Gasteiger partial charge on any atom is 0.237 e. The van der Waals surface area contributed by atoms with Crippen LogP contribution in [0.25, 0.3) is 0 Å². The second kappa shape index (κ2) is 5.83. The van der Waals surface area contributed by atoms with Crippen molar-refractivity contribution in [1.29, 1.82) is 0 Å². The van der Waals surface area contributed by atoms with Crippen LogP contribution >= 0.6 is 0 Å². The van der Waals surface area contributed by atoms with E-state index in [0.29, 0.717) is 13.0 Å². The van der Waals surface area contributed by atoms with Gasteiger partial charge in [0.05, 0.1) is 12.1 Å². The number of hydrogen-bond donors (Lipinski definition) is 2. The minimum absolute atomic E-state index is 0.130. The van der Waals surface area contributed by atoms with E-state index in [4.69, 9.17) is 16.2 Å². The van der Waals surface area contributed by atoms with E-state index >= 15 is 0 Å². The van der Waals surface area contributed by atoms with Crippen molar-refractivity contribution in [1.82, 2.24) is 0 Å². The average molecular weight is 276 g/mol. The second-order valence-corrected chi connectivity index (χ2v) is 5.95. The summed E-state index contributed by atoms with van der Waals surface area (Å²) in [4.78, 5) is 11.5. The summed E-state index contributed by atoms with van der Waals surface area (Å²) in [6.45, 7) is 4.67. The van der Waals surface area contributed by atoms with E-state index < -0.39 is 5.54 Å². The van der Waals surface area contributed by atoms with Crippen LogP contribution in [-0.2, 0) is 4.79 Å². The van der Waals surface area contributed by atoms with Crippen LogP contribution in [0.4, 0.5) is 0 Å². The molecule has 20 heavy (non-hydrogen) atoms. The number of hydrogen-bond acceptors (Lipinski definition) is 3. The number of benzene rings is 1. The molecule has 2 unspecified atom stereocenters. The van der Waals surface area contributed by atoms with E-state index in [2.05, 4.69) is 19.9 Å². The Kier molecular flexibility index (Phi) is 4.33. The predicted molar refractivity (Wildman–Crippen MR) is 79.5 cm³/mol. The van der Waals surface area contributed by atoms with E-state index in [1.54, 1.807) is 0 Å². The first-order valence-electron chi connectivity index (χ1n) is 7.22. The molecule has 0 aliphatic heterocycles. The van der Waals surface area contributed by atoms with Crippen LogP contribution in [0.1, 0.15) is 36.8 Å². The molecule has 110 valence electrons. The largest absolute Gasteiger partial charge is 0.494 e. The molecule has 4 heteroatoms. The molecule has 0 aromatic heterocycles. The van der Waals surface area contributed by atoms with Gasteiger partial charge in [-0.2, -0.15) is 0 Å². The summed E-state index contributed by atoms with van der Waals surface area (Å²) in [7, 11) is 0. The first-order valence-corrected chi connectivity index (χ1v) is 7.22. The van der Waals surface area contributed by atoms with Crippen molar-refractivity contribution in [2.24, 2.45) is 17.4 Å². The Morgan fingerprint density at radius 2 is 2.00 bits per heavy atom. The zero-order valence-corrected chi connectivity index (χ0v) is 12.3. The monoisotopic (exact) mass is 276 g/mol. The van der Waals surface area contributed by atoms with E-state index in [-0.39, 0.29) is 11.8 Å². The molecule has 0 radical (unpaired) electrons. The predicted octanol–water partition coefficient (Wildman–Crippen LogP) is 2.06. The number of ether oxygens (including phenoxy) is 1. The van der Waals surface area contributed by atoms with Crippen LogP contribution in [0.15, 0.2) is 18.2 Å². The molecule has 1 saturated carbocycles. The summed E-state index contributed by atoms with van der Waals surface area (Å²) in [5, 5.41) is 0. The maximum atomic E-state index is 11.5. The second-order valence-electron chi connectivity index (χ2n) is 5.95. The van der Waals surface area contributed by atoms with E-state index in [0.717, 1.165) is 25.0 Å². The molecule has 1 aliphatic rings. The zero-order chi connectivity index (χ0) is 14.8. The molecule has 1 aliphatic carbocycles. The lowest BCUT2D eigenvalue weighted by molar-refractivity contribution is -0.124. The Hall–Kier alpha value is -1.55. The van der Waals surface area contributed by atoms with Gasteiger partial charge in [-0.05, 0) is 62.3 Å². The van der Waals surface area contributed by atoms with Gasteiger partial charge in [0.15, 0.2) is 0 Å². The first-order chi connectivity index (χ1) is 9.41. The molecule has 0 bridgehead atoms. The lowest BCUT2D eigenvalue weighted by Crippen LogP contribution is -2.54. The Balaban J connectivity index is 1.91. The average Bonchev–Trinajstić information content (AvgIpc) is 2.71. The highest BCUT2D eigenvalue weighted by molar-refractivity contribution is 5.85. The molecule has 0 spiro atoms. The fourth-order valence-corrected chi connectivity index (χ4v) is 3.16. The lowest BCUT2D eigenvalue weighted by Gasteiger charge is -2.27. The van der Waals surface area contributed by atoms with Gasteiger partial charge < -0.3 is 16.2 Å². The number of rotatable bonds is 5. The first kappa shape index (κ1) is 14.9. The van der Waals surface area contributed by atoms with Crippen LogP contribution in [0.5, 0.6) is 5.75 Å². The Bertz CT molecular complexity index is 481. The Morgan fingerprint density at radius 3 is 2.60 bits per heavy atom. The third kappa shape index (κ3) is 3.12. The fourth-order valence-electron chi connectivity index (χ4n) is 3.16. The van der Waals surface area contributed by atoms with Crippen molar-refractivity contribution < 1.29 is 9.53 Å². The van der Waals surface area contributed by atoms with Gasteiger partial charge in [0.1, 0.15) is 5.75 Å². The van der Waals surface area contributed by atoms with E-state index in [1.807, 2.05) is 12.1 Å². The molecule has 1 aromatic rings. The number of nitrogens with two attached hydrogens (primary N) is 2. The van der Waals surface area contributed by atoms with Gasteiger partial charge >= 0.3 is 0 Å². The molecule has 4 N–H and O–H groups in total. The summed E-state index contributed by atoms with van der Waals surface area (Å²) in [5.41, 5.74) is 13.1. The highest BCUT2D eigenvalue weighted by Gasteiger charge is 2.43. The van der Waals surface area contributed by atoms with Gasteiger partial charge in [0.25, 0.3) is 0 Å². The number of amides is 1. The normalized spacial score (nSPS) is 25.6. The van der Waals surface area contributed by atoms with Gasteiger partial charge in [0.2, 0.25) is 5.91 Å². The topological polar surface area (TPSA) is 78.3 Å². The number of carbonyl (C=O) groups is 1. The third-order valence-corrected chi connectivity index (χ3v) is 4.26. The van der Waals surface area contributed by atoms with Crippen LogP contribution in [-0.4, -0.2) is 18.1 Å². The van der Waals surface area contributed by atoms with Crippen molar-refractivity contribution in [2.45, 2.75) is 45.1 Å². The smallest absolute Gasteiger partial charge is 0.237 e. The van der Waals surface area contributed by atoms with Crippen molar-refractivity contribution in [3.8, 4) is 5.75 Å². The SMILES string of the molecule is Cc1cc(C)cc(OCCC2CCCC2(N)C(N)=O)c1. The summed E-state index contributed by atoms with van der Waals surface area (Å²) >= 11 is 0. The number of aryl methyl sites for hydroxylation is 2. The summed E-state index contributed by atoms with van der Waals surface area (Å²) in [6.07, 6.45) is 3.38. The van der Waals surface area contributed by atoms with Crippen molar-refractivity contribution in [3.63, 3.8) is 0 Å².